The lowest BCUT2D eigenvalue weighted by Crippen LogP contribution is -2.37. The number of hydrogen-bond acceptors (Lipinski definition) is 6. The SMILES string of the molecule is c1ncc([C@H]2CN3CCC[C@@H]3c3cc(OCCCN4CCOCC4)ccc32)s1. The van der Waals surface area contributed by atoms with Crippen LogP contribution in [0.1, 0.15) is 47.2 Å². The summed E-state index contributed by atoms with van der Waals surface area (Å²) < 4.78 is 11.6. The summed E-state index contributed by atoms with van der Waals surface area (Å²) in [6.07, 6.45) is 5.68. The molecule has 0 N–H and O–H groups in total. The highest BCUT2D eigenvalue weighted by Crippen LogP contribution is 2.45. The van der Waals surface area contributed by atoms with Crippen LogP contribution < -0.4 is 4.74 Å². The number of thiazole rings is 1. The molecule has 3 aliphatic rings. The van der Waals surface area contributed by atoms with E-state index in [9.17, 15) is 0 Å². The number of ether oxygens (including phenoxy) is 2. The van der Waals surface area contributed by atoms with Gasteiger partial charge in [-0.25, -0.2) is 0 Å². The van der Waals surface area contributed by atoms with Crippen molar-refractivity contribution < 1.29 is 9.47 Å². The highest BCUT2D eigenvalue weighted by Gasteiger charge is 2.37. The molecule has 0 spiro atoms. The van der Waals surface area contributed by atoms with Crippen LogP contribution in [0.15, 0.2) is 29.9 Å². The number of benzene rings is 1. The van der Waals surface area contributed by atoms with Crippen molar-refractivity contribution in [3.05, 3.63) is 45.9 Å². The maximum Gasteiger partial charge on any atom is 0.119 e. The molecule has 3 aliphatic heterocycles. The van der Waals surface area contributed by atoms with Crippen LogP contribution in [-0.4, -0.2) is 67.3 Å². The lowest BCUT2D eigenvalue weighted by Gasteiger charge is -2.37. The molecular formula is C22H29N3O2S. The molecule has 0 bridgehead atoms. The van der Waals surface area contributed by atoms with E-state index in [1.807, 2.05) is 11.7 Å². The average molecular weight is 400 g/mol. The van der Waals surface area contributed by atoms with E-state index in [0.29, 0.717) is 12.0 Å². The summed E-state index contributed by atoms with van der Waals surface area (Å²) in [4.78, 5) is 10.8. The minimum absolute atomic E-state index is 0.451. The number of aromatic nitrogens is 1. The van der Waals surface area contributed by atoms with Gasteiger partial charge in [-0.15, -0.1) is 11.3 Å². The predicted octanol–water partition coefficient (Wildman–Crippen LogP) is 3.53. The molecule has 0 radical (unpaired) electrons. The van der Waals surface area contributed by atoms with Gasteiger partial charge in [0.25, 0.3) is 0 Å². The van der Waals surface area contributed by atoms with Gasteiger partial charge in [0.05, 0.1) is 25.3 Å². The Kier molecular flexibility index (Phi) is 5.63. The molecular weight excluding hydrogens is 370 g/mol. The van der Waals surface area contributed by atoms with Gasteiger partial charge in [0, 0.05) is 49.2 Å². The van der Waals surface area contributed by atoms with Crippen LogP contribution in [0.5, 0.6) is 5.75 Å². The molecule has 1 aromatic heterocycles. The summed E-state index contributed by atoms with van der Waals surface area (Å²) in [6.45, 7) is 8.05. The lowest BCUT2D eigenvalue weighted by atomic mass is 9.84. The fourth-order valence-electron chi connectivity index (χ4n) is 4.92. The molecule has 2 fully saturated rings. The minimum atomic E-state index is 0.451. The van der Waals surface area contributed by atoms with Crippen molar-refractivity contribution in [1.29, 1.82) is 0 Å². The lowest BCUT2D eigenvalue weighted by molar-refractivity contribution is 0.0358. The molecule has 2 aromatic rings. The first-order valence-corrected chi connectivity index (χ1v) is 11.5. The summed E-state index contributed by atoms with van der Waals surface area (Å²) in [7, 11) is 0. The third-order valence-corrected chi connectivity index (χ3v) is 7.25. The largest absolute Gasteiger partial charge is 0.494 e. The van der Waals surface area contributed by atoms with E-state index in [4.69, 9.17) is 9.47 Å². The number of hydrogen-bond donors (Lipinski definition) is 0. The molecule has 0 amide bonds. The van der Waals surface area contributed by atoms with Gasteiger partial charge in [0.1, 0.15) is 5.75 Å². The minimum Gasteiger partial charge on any atom is -0.494 e. The van der Waals surface area contributed by atoms with Gasteiger partial charge in [-0.05, 0) is 49.1 Å². The Morgan fingerprint density at radius 3 is 2.96 bits per heavy atom. The van der Waals surface area contributed by atoms with Gasteiger partial charge >= 0.3 is 0 Å². The molecule has 5 rings (SSSR count). The van der Waals surface area contributed by atoms with Crippen molar-refractivity contribution in [3.8, 4) is 5.75 Å². The van der Waals surface area contributed by atoms with Crippen molar-refractivity contribution in [2.75, 3.05) is 52.5 Å². The Morgan fingerprint density at radius 2 is 2.11 bits per heavy atom. The average Bonchev–Trinajstić information content (AvgIpc) is 3.43. The molecule has 0 unspecified atom stereocenters. The first kappa shape index (κ1) is 18.6. The summed E-state index contributed by atoms with van der Waals surface area (Å²) in [5.41, 5.74) is 4.91. The van der Waals surface area contributed by atoms with Crippen molar-refractivity contribution in [1.82, 2.24) is 14.8 Å². The van der Waals surface area contributed by atoms with E-state index in [0.717, 1.165) is 58.2 Å². The van der Waals surface area contributed by atoms with E-state index in [-0.39, 0.29) is 0 Å². The van der Waals surface area contributed by atoms with Crippen LogP contribution >= 0.6 is 11.3 Å². The highest BCUT2D eigenvalue weighted by molar-refractivity contribution is 7.09. The third kappa shape index (κ3) is 3.83. The first-order chi connectivity index (χ1) is 13.9. The van der Waals surface area contributed by atoms with Crippen LogP contribution in [0.25, 0.3) is 0 Å². The number of fused-ring (bicyclic) bond motifs is 3. The summed E-state index contributed by atoms with van der Waals surface area (Å²) in [5, 5.41) is 0. The van der Waals surface area contributed by atoms with Crippen molar-refractivity contribution in [2.45, 2.75) is 31.2 Å². The molecule has 0 saturated carbocycles. The maximum absolute atomic E-state index is 6.15. The smallest absolute Gasteiger partial charge is 0.119 e. The first-order valence-electron chi connectivity index (χ1n) is 10.6. The Hall–Kier alpha value is -1.47. The normalized spacial score (nSPS) is 25.4. The molecule has 4 heterocycles. The van der Waals surface area contributed by atoms with E-state index in [1.54, 1.807) is 11.3 Å². The molecule has 0 aliphatic carbocycles. The molecule has 2 atom stereocenters. The number of nitrogens with zero attached hydrogens (tertiary/aromatic N) is 3. The van der Waals surface area contributed by atoms with E-state index >= 15 is 0 Å². The molecule has 28 heavy (non-hydrogen) atoms. The summed E-state index contributed by atoms with van der Waals surface area (Å²) in [6, 6.07) is 7.37. The number of rotatable bonds is 6. The molecule has 150 valence electrons. The van der Waals surface area contributed by atoms with E-state index in [1.165, 1.54) is 35.4 Å². The topological polar surface area (TPSA) is 37.8 Å². The van der Waals surface area contributed by atoms with Crippen molar-refractivity contribution in [3.63, 3.8) is 0 Å². The summed E-state index contributed by atoms with van der Waals surface area (Å²) >= 11 is 1.78. The molecule has 2 saturated heterocycles. The highest BCUT2D eigenvalue weighted by atomic mass is 32.1. The monoisotopic (exact) mass is 399 g/mol. The second kappa shape index (κ2) is 8.49. The van der Waals surface area contributed by atoms with Crippen molar-refractivity contribution >= 4 is 11.3 Å². The fraction of sp³-hybridized carbons (Fsp3) is 0.591. The third-order valence-electron chi connectivity index (χ3n) is 6.36. The fourth-order valence-corrected chi connectivity index (χ4v) is 5.65. The summed E-state index contributed by atoms with van der Waals surface area (Å²) in [5.74, 6) is 1.48. The molecule has 1 aromatic carbocycles. The Bertz CT molecular complexity index is 776. The van der Waals surface area contributed by atoms with Crippen LogP contribution in [-0.2, 0) is 4.74 Å². The second-order valence-electron chi connectivity index (χ2n) is 8.06. The van der Waals surface area contributed by atoms with Crippen LogP contribution in [0, 0.1) is 0 Å². The molecule has 5 nitrogen and oxygen atoms in total. The standard InChI is InChI=1S/C22H29N3O2S/c1-3-21-19-13-17(27-10-2-6-24-8-11-26-12-9-24)4-5-18(19)20(15-25(21)7-1)22-14-23-16-28-22/h4-5,13-14,16,20-21H,1-3,6-12,15H2/t20-,21+/m0/s1. The Morgan fingerprint density at radius 1 is 1.18 bits per heavy atom. The zero-order valence-electron chi connectivity index (χ0n) is 16.4. The predicted molar refractivity (Wildman–Crippen MR) is 111 cm³/mol. The zero-order valence-corrected chi connectivity index (χ0v) is 17.2. The quantitative estimate of drug-likeness (QED) is 0.695. The van der Waals surface area contributed by atoms with Crippen molar-refractivity contribution in [2.24, 2.45) is 0 Å². The maximum atomic E-state index is 6.15. The van der Waals surface area contributed by atoms with Crippen LogP contribution in [0.4, 0.5) is 0 Å². The second-order valence-corrected chi connectivity index (χ2v) is 8.97. The van der Waals surface area contributed by atoms with Gasteiger partial charge in [0.2, 0.25) is 0 Å². The van der Waals surface area contributed by atoms with E-state index in [2.05, 4.69) is 33.0 Å². The van der Waals surface area contributed by atoms with E-state index < -0.39 is 0 Å². The zero-order chi connectivity index (χ0) is 18.8. The van der Waals surface area contributed by atoms with Crippen LogP contribution in [0.2, 0.25) is 0 Å². The van der Waals surface area contributed by atoms with Gasteiger partial charge in [-0.1, -0.05) is 6.07 Å². The van der Waals surface area contributed by atoms with Gasteiger partial charge in [-0.2, -0.15) is 0 Å². The van der Waals surface area contributed by atoms with Gasteiger partial charge < -0.3 is 9.47 Å². The van der Waals surface area contributed by atoms with Gasteiger partial charge in [-0.3, -0.25) is 14.8 Å². The van der Waals surface area contributed by atoms with Crippen LogP contribution in [0.3, 0.4) is 0 Å². The van der Waals surface area contributed by atoms with Gasteiger partial charge in [0.15, 0.2) is 0 Å². The Labute approximate surface area is 171 Å². The molecule has 6 heteroatoms. The number of morpholine rings is 1. The Balaban J connectivity index is 1.27.